The molecule has 0 saturated heterocycles. The van der Waals surface area contributed by atoms with Crippen LogP contribution in [-0.4, -0.2) is 77.7 Å². The van der Waals surface area contributed by atoms with Gasteiger partial charge in [-0.15, -0.1) is 0 Å². The highest BCUT2D eigenvalue weighted by atomic mass is 16.6. The minimum atomic E-state index is -0.297. The number of benzene rings is 2. The lowest BCUT2D eigenvalue weighted by Gasteiger charge is -2.32. The van der Waals surface area contributed by atoms with E-state index in [-0.39, 0.29) is 29.8 Å². The first-order chi connectivity index (χ1) is 20.8. The van der Waals surface area contributed by atoms with Crippen LogP contribution in [0.1, 0.15) is 86.8 Å². The molecule has 0 heterocycles. The molecule has 3 atom stereocenters. The van der Waals surface area contributed by atoms with E-state index >= 15 is 0 Å². The van der Waals surface area contributed by atoms with Crippen LogP contribution in [0.2, 0.25) is 0 Å². The van der Waals surface area contributed by atoms with E-state index in [1.807, 2.05) is 0 Å². The minimum absolute atomic E-state index is 0.0109. The molecule has 2 aliphatic carbocycles. The van der Waals surface area contributed by atoms with Gasteiger partial charge in [-0.1, -0.05) is 39.8 Å². The van der Waals surface area contributed by atoms with Gasteiger partial charge < -0.3 is 38.6 Å². The predicted octanol–water partition coefficient (Wildman–Crippen LogP) is 5.18. The lowest BCUT2D eigenvalue weighted by atomic mass is 9.70. The third kappa shape index (κ3) is 6.75. The number of fused-ring (bicyclic) bond motifs is 4. The largest absolute Gasteiger partial charge is 0.487 e. The van der Waals surface area contributed by atoms with Gasteiger partial charge in [-0.2, -0.15) is 0 Å². The number of aliphatic hydroxyl groups is 2. The molecule has 0 aromatic heterocycles. The number of ether oxygens (including phenoxy) is 6. The Morgan fingerprint density at radius 1 is 0.605 bits per heavy atom. The summed E-state index contributed by atoms with van der Waals surface area (Å²) in [5, 5.41) is 18.5. The van der Waals surface area contributed by atoms with Crippen molar-refractivity contribution in [2.45, 2.75) is 82.5 Å². The number of methoxy groups -OCH3 is 2. The first-order valence-electron chi connectivity index (χ1n) is 15.7. The van der Waals surface area contributed by atoms with Gasteiger partial charge in [0.2, 0.25) is 0 Å². The molecule has 2 aromatic carbocycles. The first-order valence-corrected chi connectivity index (χ1v) is 15.7. The van der Waals surface area contributed by atoms with Crippen molar-refractivity contribution in [1.82, 2.24) is 0 Å². The highest BCUT2D eigenvalue weighted by molar-refractivity contribution is 5.64. The fraction of sp³-hybridized carbons (Fsp3) is 0.657. The normalized spacial score (nSPS) is 24.0. The molecule has 2 aliphatic rings. The average molecular weight is 601 g/mol. The Labute approximate surface area is 257 Å². The van der Waals surface area contributed by atoms with E-state index in [0.717, 1.165) is 37.2 Å². The molecule has 0 bridgehead atoms. The summed E-state index contributed by atoms with van der Waals surface area (Å²) in [7, 11) is 3.36. The smallest absolute Gasteiger partial charge is 0.161 e. The standard InChI is InChI=1S/C35H52O8/c1-7-33(3)21-35(29-18-26(10-12-41-24-37)25(17-27(29)33)9-11-40-23-36)22-34(4,8-2)28-19-31(42-15-13-38-5)32(20-30(28)35)43-16-14-39-6/h17-20,36-37H,7-16,21-24H2,1-6H3. The SMILES string of the molecule is CCC1(C)CC2(CC(C)(CC)c3cc(OCCOC)c(OCCOC)cc32)c2cc(CCOCO)c(CCOCO)cc21. The Balaban J connectivity index is 1.91. The van der Waals surface area contributed by atoms with E-state index in [4.69, 9.17) is 28.4 Å². The Kier molecular flexibility index (Phi) is 11.5. The van der Waals surface area contributed by atoms with E-state index in [1.165, 1.54) is 33.4 Å². The van der Waals surface area contributed by atoms with E-state index in [0.29, 0.717) is 52.5 Å². The second kappa shape index (κ2) is 14.7. The fourth-order valence-electron chi connectivity index (χ4n) is 7.44. The van der Waals surface area contributed by atoms with E-state index < -0.39 is 0 Å². The molecule has 3 unspecified atom stereocenters. The molecule has 0 radical (unpaired) electrons. The molecule has 0 aliphatic heterocycles. The first kappa shape index (κ1) is 33.7. The van der Waals surface area contributed by atoms with Gasteiger partial charge in [-0.05, 0) is 94.9 Å². The second-order valence-corrected chi connectivity index (χ2v) is 12.5. The van der Waals surface area contributed by atoms with Crippen LogP contribution in [-0.2, 0) is 48.0 Å². The Bertz CT molecular complexity index is 1120. The maximum Gasteiger partial charge on any atom is 0.161 e. The number of rotatable bonds is 18. The molecule has 1 spiro atoms. The highest BCUT2D eigenvalue weighted by Crippen LogP contribution is 2.65. The zero-order valence-corrected chi connectivity index (χ0v) is 27.1. The van der Waals surface area contributed by atoms with Gasteiger partial charge in [0.1, 0.15) is 26.8 Å². The lowest BCUT2D eigenvalue weighted by molar-refractivity contribution is -0.00154. The molecule has 2 N–H and O–H groups in total. The Morgan fingerprint density at radius 2 is 1.02 bits per heavy atom. The summed E-state index contributed by atoms with van der Waals surface area (Å²) >= 11 is 0. The van der Waals surface area contributed by atoms with Crippen LogP contribution in [0.15, 0.2) is 24.3 Å². The summed E-state index contributed by atoms with van der Waals surface area (Å²) in [6.07, 6.45) is 5.45. The van der Waals surface area contributed by atoms with E-state index in [9.17, 15) is 10.2 Å². The number of aliphatic hydroxyl groups excluding tert-OH is 2. The zero-order valence-electron chi connectivity index (χ0n) is 27.1. The molecule has 0 amide bonds. The van der Waals surface area contributed by atoms with E-state index in [2.05, 4.69) is 52.0 Å². The third-order valence-electron chi connectivity index (χ3n) is 10.0. The predicted molar refractivity (Wildman–Crippen MR) is 166 cm³/mol. The van der Waals surface area contributed by atoms with Gasteiger partial charge in [0, 0.05) is 19.6 Å². The fourth-order valence-corrected chi connectivity index (χ4v) is 7.44. The number of hydrogen-bond acceptors (Lipinski definition) is 8. The molecule has 2 aromatic rings. The Morgan fingerprint density at radius 3 is 1.47 bits per heavy atom. The van der Waals surface area contributed by atoms with Crippen molar-refractivity contribution in [2.24, 2.45) is 0 Å². The van der Waals surface area contributed by atoms with Crippen LogP contribution in [0.5, 0.6) is 11.5 Å². The Hall–Kier alpha value is -2.20. The van der Waals surface area contributed by atoms with Crippen molar-refractivity contribution < 1.29 is 38.6 Å². The van der Waals surface area contributed by atoms with Crippen molar-refractivity contribution in [2.75, 3.05) is 67.4 Å². The molecule has 4 rings (SSSR count). The molecule has 43 heavy (non-hydrogen) atoms. The van der Waals surface area contributed by atoms with Gasteiger partial charge in [0.25, 0.3) is 0 Å². The lowest BCUT2D eigenvalue weighted by Crippen LogP contribution is -2.28. The molecule has 8 nitrogen and oxygen atoms in total. The zero-order chi connectivity index (χ0) is 31.1. The van der Waals surface area contributed by atoms with Gasteiger partial charge in [0.15, 0.2) is 11.5 Å². The second-order valence-electron chi connectivity index (χ2n) is 12.5. The van der Waals surface area contributed by atoms with Crippen LogP contribution in [0.3, 0.4) is 0 Å². The minimum Gasteiger partial charge on any atom is -0.487 e. The topological polar surface area (TPSA) is 95.8 Å². The van der Waals surface area contributed by atoms with Gasteiger partial charge in [0.05, 0.1) is 26.4 Å². The van der Waals surface area contributed by atoms with Crippen LogP contribution in [0, 0.1) is 0 Å². The summed E-state index contributed by atoms with van der Waals surface area (Å²) in [4.78, 5) is 0. The van der Waals surface area contributed by atoms with Crippen LogP contribution in [0.4, 0.5) is 0 Å². The molecule has 240 valence electrons. The quantitative estimate of drug-likeness (QED) is 0.179. The van der Waals surface area contributed by atoms with Gasteiger partial charge in [-0.25, -0.2) is 0 Å². The van der Waals surface area contributed by atoms with Crippen molar-refractivity contribution >= 4 is 0 Å². The van der Waals surface area contributed by atoms with Crippen molar-refractivity contribution in [3.63, 3.8) is 0 Å². The molecule has 8 heteroatoms. The number of hydrogen-bond donors (Lipinski definition) is 2. The van der Waals surface area contributed by atoms with Gasteiger partial charge >= 0.3 is 0 Å². The van der Waals surface area contributed by atoms with Crippen LogP contribution < -0.4 is 9.47 Å². The summed E-state index contributed by atoms with van der Waals surface area (Å²) in [6, 6.07) is 9.27. The van der Waals surface area contributed by atoms with Crippen molar-refractivity contribution in [1.29, 1.82) is 0 Å². The molecular formula is C35H52O8. The van der Waals surface area contributed by atoms with Crippen molar-refractivity contribution in [3.05, 3.63) is 57.6 Å². The maximum absolute atomic E-state index is 9.29. The highest BCUT2D eigenvalue weighted by Gasteiger charge is 2.58. The van der Waals surface area contributed by atoms with E-state index in [1.54, 1.807) is 14.2 Å². The van der Waals surface area contributed by atoms with Gasteiger partial charge in [-0.3, -0.25) is 0 Å². The van der Waals surface area contributed by atoms with Crippen LogP contribution in [0.25, 0.3) is 0 Å². The third-order valence-corrected chi connectivity index (χ3v) is 10.0. The monoisotopic (exact) mass is 600 g/mol. The summed E-state index contributed by atoms with van der Waals surface area (Å²) < 4.78 is 33.8. The average Bonchev–Trinajstić information content (AvgIpc) is 3.39. The molecule has 0 saturated carbocycles. The summed E-state index contributed by atoms with van der Waals surface area (Å²) in [6.45, 7) is 11.5. The molecular weight excluding hydrogens is 548 g/mol. The molecule has 0 fully saturated rings. The van der Waals surface area contributed by atoms with Crippen LogP contribution >= 0.6 is 0 Å². The summed E-state index contributed by atoms with van der Waals surface area (Å²) in [5.74, 6) is 1.49. The van der Waals surface area contributed by atoms with Crippen molar-refractivity contribution in [3.8, 4) is 11.5 Å². The maximum atomic E-state index is 9.29. The summed E-state index contributed by atoms with van der Waals surface area (Å²) in [5.41, 5.74) is 7.63.